The maximum Gasteiger partial charge on any atom is 0.229 e. The van der Waals surface area contributed by atoms with Crippen LogP contribution in [0.25, 0.3) is 11.2 Å². The molecule has 1 aliphatic carbocycles. The lowest BCUT2D eigenvalue weighted by Gasteiger charge is -2.28. The topological polar surface area (TPSA) is 89.3 Å². The van der Waals surface area contributed by atoms with Gasteiger partial charge in [0.2, 0.25) is 17.7 Å². The molecule has 0 saturated heterocycles. The molecule has 1 aliphatic rings. The molecule has 0 atom stereocenters. The third-order valence-electron chi connectivity index (χ3n) is 5.03. The Morgan fingerprint density at radius 2 is 1.97 bits per heavy atom. The number of amides is 1. The summed E-state index contributed by atoms with van der Waals surface area (Å²) < 4.78 is 7.87. The van der Waals surface area contributed by atoms with Crippen LogP contribution < -0.4 is 10.1 Å². The van der Waals surface area contributed by atoms with E-state index >= 15 is 0 Å². The number of imidazole rings is 1. The van der Waals surface area contributed by atoms with Crippen molar-refractivity contribution in [2.75, 3.05) is 5.32 Å². The summed E-state index contributed by atoms with van der Waals surface area (Å²) >= 11 is 0. The van der Waals surface area contributed by atoms with E-state index in [0.717, 1.165) is 24.8 Å². The zero-order chi connectivity index (χ0) is 20.4. The number of pyridine rings is 1. The summed E-state index contributed by atoms with van der Waals surface area (Å²) in [4.78, 5) is 21.6. The number of carbonyl (C=O) groups excluding carboxylic acids is 1. The summed E-state index contributed by atoms with van der Waals surface area (Å²) in [6.45, 7) is 3.66. The number of nitrogens with one attached hydrogen (secondary N) is 1. The van der Waals surface area contributed by atoms with E-state index in [1.807, 2.05) is 41.0 Å². The molecular weight excluding hydrogens is 368 g/mol. The third kappa shape index (κ3) is 4.56. The summed E-state index contributed by atoms with van der Waals surface area (Å²) in [6, 6.07) is 13.9. The number of hydrogen-bond donors (Lipinski definition) is 2. The summed E-state index contributed by atoms with van der Waals surface area (Å²) in [6.07, 6.45) is 3.19. The molecule has 7 heteroatoms. The first-order valence-electron chi connectivity index (χ1n) is 9.97. The Balaban J connectivity index is 1.60. The van der Waals surface area contributed by atoms with Gasteiger partial charge in [0.15, 0.2) is 5.65 Å². The molecule has 2 aromatic heterocycles. The van der Waals surface area contributed by atoms with Crippen LogP contribution in [0.4, 0.5) is 5.95 Å². The normalized spacial score (nSPS) is 14.6. The Kier molecular flexibility index (Phi) is 5.24. The van der Waals surface area contributed by atoms with Crippen molar-refractivity contribution in [3.63, 3.8) is 0 Å². The molecule has 1 saturated carbocycles. The molecule has 152 valence electrons. The number of hydrogen-bond acceptors (Lipinski definition) is 5. The average Bonchev–Trinajstić information content (AvgIpc) is 2.95. The van der Waals surface area contributed by atoms with Crippen LogP contribution >= 0.6 is 0 Å². The molecule has 0 aliphatic heterocycles. The average molecular weight is 394 g/mol. The van der Waals surface area contributed by atoms with E-state index in [1.54, 1.807) is 19.9 Å². The molecule has 1 fully saturated rings. The van der Waals surface area contributed by atoms with Crippen LogP contribution in [0.5, 0.6) is 5.88 Å². The molecule has 2 heterocycles. The summed E-state index contributed by atoms with van der Waals surface area (Å²) in [5.74, 6) is 0.733. The van der Waals surface area contributed by atoms with Gasteiger partial charge >= 0.3 is 0 Å². The number of carbonyl (C=O) groups is 1. The Morgan fingerprint density at radius 1 is 1.21 bits per heavy atom. The lowest BCUT2D eigenvalue weighted by atomic mass is 9.93. The van der Waals surface area contributed by atoms with E-state index in [0.29, 0.717) is 29.6 Å². The second-order valence-electron chi connectivity index (χ2n) is 8.19. The van der Waals surface area contributed by atoms with Crippen molar-refractivity contribution in [2.24, 2.45) is 0 Å². The van der Waals surface area contributed by atoms with Crippen molar-refractivity contribution in [3.05, 3.63) is 48.0 Å². The number of rotatable bonds is 7. The molecule has 0 spiro atoms. The van der Waals surface area contributed by atoms with Crippen molar-refractivity contribution in [3.8, 4) is 5.88 Å². The van der Waals surface area contributed by atoms with E-state index in [4.69, 9.17) is 4.74 Å². The Labute approximate surface area is 169 Å². The van der Waals surface area contributed by atoms with Crippen LogP contribution in [0.2, 0.25) is 0 Å². The van der Waals surface area contributed by atoms with Gasteiger partial charge in [0.25, 0.3) is 0 Å². The van der Waals surface area contributed by atoms with Crippen molar-refractivity contribution < 1.29 is 14.6 Å². The lowest BCUT2D eigenvalue weighted by molar-refractivity contribution is -0.119. The maximum atomic E-state index is 12.3. The summed E-state index contributed by atoms with van der Waals surface area (Å²) in [7, 11) is 0. The lowest BCUT2D eigenvalue weighted by Crippen LogP contribution is -2.29. The second-order valence-corrected chi connectivity index (χ2v) is 8.19. The fourth-order valence-corrected chi connectivity index (χ4v) is 3.41. The molecule has 0 unspecified atom stereocenters. The number of benzene rings is 1. The zero-order valence-electron chi connectivity index (χ0n) is 16.8. The van der Waals surface area contributed by atoms with Crippen LogP contribution in [0.3, 0.4) is 0 Å². The predicted molar refractivity (Wildman–Crippen MR) is 111 cm³/mol. The summed E-state index contributed by atoms with van der Waals surface area (Å²) in [5, 5.41) is 12.8. The second kappa shape index (κ2) is 7.83. The van der Waals surface area contributed by atoms with E-state index in [-0.39, 0.29) is 18.4 Å². The van der Waals surface area contributed by atoms with Crippen molar-refractivity contribution in [1.82, 2.24) is 14.5 Å². The van der Waals surface area contributed by atoms with Gasteiger partial charge in [-0.3, -0.25) is 14.7 Å². The molecule has 0 radical (unpaired) electrons. The number of ether oxygens (including phenoxy) is 1. The molecule has 29 heavy (non-hydrogen) atoms. The number of fused-ring (bicyclic) bond motifs is 1. The van der Waals surface area contributed by atoms with Gasteiger partial charge in [-0.05, 0) is 44.7 Å². The van der Waals surface area contributed by atoms with E-state index < -0.39 is 5.60 Å². The number of aliphatic hydroxyl groups is 1. The maximum absolute atomic E-state index is 12.3. The van der Waals surface area contributed by atoms with Gasteiger partial charge < -0.3 is 9.84 Å². The molecule has 1 amide bonds. The number of nitrogens with zero attached hydrogens (tertiary/aromatic N) is 3. The van der Waals surface area contributed by atoms with Crippen LogP contribution in [0.15, 0.2) is 42.5 Å². The van der Waals surface area contributed by atoms with Crippen LogP contribution in [-0.2, 0) is 11.4 Å². The molecule has 0 bridgehead atoms. The Morgan fingerprint density at radius 3 is 2.62 bits per heavy atom. The zero-order valence-corrected chi connectivity index (χ0v) is 16.8. The van der Waals surface area contributed by atoms with Gasteiger partial charge in [-0.25, -0.2) is 4.98 Å². The first-order valence-corrected chi connectivity index (χ1v) is 9.97. The highest BCUT2D eigenvalue weighted by atomic mass is 16.5. The van der Waals surface area contributed by atoms with Crippen LogP contribution in [0.1, 0.15) is 51.1 Å². The van der Waals surface area contributed by atoms with Gasteiger partial charge in [0.05, 0.1) is 12.0 Å². The quantitative estimate of drug-likeness (QED) is 0.636. The minimum Gasteiger partial charge on any atom is -0.473 e. The Hall–Kier alpha value is -2.93. The fraction of sp³-hybridized carbons (Fsp3) is 0.409. The van der Waals surface area contributed by atoms with Gasteiger partial charge in [0.1, 0.15) is 12.1 Å². The van der Waals surface area contributed by atoms with Gasteiger partial charge in [-0.2, -0.15) is 4.98 Å². The van der Waals surface area contributed by atoms with Crippen LogP contribution in [-0.4, -0.2) is 31.1 Å². The molecule has 2 N–H and O–H groups in total. The standard InChI is InChI=1S/C22H26N4O3/c1-22(2,28)13-18(27)24-21-23-17-11-12-19(29-14-15-7-4-3-5-8-15)25-20(17)26(21)16-9-6-10-16/h3-5,7-8,11-12,16,28H,6,9-10,13-14H2,1-2H3,(H,23,24,27). The minimum atomic E-state index is -1.08. The highest BCUT2D eigenvalue weighted by Crippen LogP contribution is 2.37. The van der Waals surface area contributed by atoms with Crippen molar-refractivity contribution >= 4 is 23.0 Å². The number of anilines is 1. The SMILES string of the molecule is CC(C)(O)CC(=O)Nc1nc2ccc(OCc3ccccc3)nc2n1C1CCC1. The first kappa shape index (κ1) is 19.4. The molecule has 7 nitrogen and oxygen atoms in total. The van der Waals surface area contributed by atoms with E-state index in [1.165, 1.54) is 0 Å². The molecule has 3 aromatic rings. The van der Waals surface area contributed by atoms with Gasteiger partial charge in [-0.1, -0.05) is 30.3 Å². The third-order valence-corrected chi connectivity index (χ3v) is 5.03. The van der Waals surface area contributed by atoms with Gasteiger partial charge in [-0.15, -0.1) is 0 Å². The van der Waals surface area contributed by atoms with E-state index in [2.05, 4.69) is 15.3 Å². The van der Waals surface area contributed by atoms with Gasteiger partial charge in [0, 0.05) is 12.1 Å². The molecule has 1 aromatic carbocycles. The highest BCUT2D eigenvalue weighted by molar-refractivity contribution is 5.91. The largest absolute Gasteiger partial charge is 0.473 e. The smallest absolute Gasteiger partial charge is 0.229 e. The minimum absolute atomic E-state index is 0.000261. The fourth-order valence-electron chi connectivity index (χ4n) is 3.41. The molecule has 4 rings (SSSR count). The number of aromatic nitrogens is 3. The first-order chi connectivity index (χ1) is 13.9. The van der Waals surface area contributed by atoms with Crippen molar-refractivity contribution in [2.45, 2.75) is 57.8 Å². The van der Waals surface area contributed by atoms with E-state index in [9.17, 15) is 9.90 Å². The molecular formula is C22H26N4O3. The summed E-state index contributed by atoms with van der Waals surface area (Å²) in [5.41, 5.74) is 1.41. The Bertz CT molecular complexity index is 1000. The van der Waals surface area contributed by atoms with Crippen LogP contribution in [0, 0.1) is 0 Å². The monoisotopic (exact) mass is 394 g/mol. The van der Waals surface area contributed by atoms with Crippen molar-refractivity contribution in [1.29, 1.82) is 0 Å². The highest BCUT2D eigenvalue weighted by Gasteiger charge is 2.27. The predicted octanol–water partition coefficient (Wildman–Crippen LogP) is 3.83.